The fourth-order valence-electron chi connectivity index (χ4n) is 2.28. The number of amides is 1. The first-order valence-electron chi connectivity index (χ1n) is 6.71. The van der Waals surface area contributed by atoms with E-state index in [0.717, 1.165) is 25.1 Å². The second-order valence-corrected chi connectivity index (χ2v) is 4.74. The number of furan rings is 1. The van der Waals surface area contributed by atoms with Crippen molar-refractivity contribution in [3.05, 3.63) is 54.0 Å². The van der Waals surface area contributed by atoms with Crippen LogP contribution < -0.4 is 10.6 Å². The van der Waals surface area contributed by atoms with Crippen LogP contribution in [0.5, 0.6) is 0 Å². The minimum atomic E-state index is -0.162. The van der Waals surface area contributed by atoms with Crippen LogP contribution in [0.25, 0.3) is 6.08 Å². The number of benzene rings is 1. The normalized spacial score (nSPS) is 13.8. The smallest absolute Gasteiger partial charge is 0.248 e. The molecule has 1 amide bonds. The highest BCUT2D eigenvalue weighted by Gasteiger charge is 2.09. The summed E-state index contributed by atoms with van der Waals surface area (Å²) in [6, 6.07) is 9.54. The van der Waals surface area contributed by atoms with Crippen LogP contribution in [0.4, 0.5) is 11.4 Å². The first-order chi connectivity index (χ1) is 9.81. The van der Waals surface area contributed by atoms with Gasteiger partial charge in [0.15, 0.2) is 0 Å². The number of carbonyl (C=O) groups is 1. The summed E-state index contributed by atoms with van der Waals surface area (Å²) in [4.78, 5) is 11.8. The molecule has 0 fully saturated rings. The molecule has 0 spiro atoms. The molecule has 2 heterocycles. The second kappa shape index (κ2) is 5.65. The Balaban J connectivity index is 1.67. The Kier molecular flexibility index (Phi) is 3.54. The van der Waals surface area contributed by atoms with Crippen molar-refractivity contribution in [2.45, 2.75) is 12.8 Å². The molecule has 0 saturated carbocycles. The van der Waals surface area contributed by atoms with Gasteiger partial charge in [-0.2, -0.15) is 0 Å². The van der Waals surface area contributed by atoms with Gasteiger partial charge in [0, 0.05) is 24.0 Å². The van der Waals surface area contributed by atoms with E-state index < -0.39 is 0 Å². The molecule has 0 unspecified atom stereocenters. The van der Waals surface area contributed by atoms with Crippen molar-refractivity contribution < 1.29 is 9.21 Å². The average Bonchev–Trinajstić information content (AvgIpc) is 2.98. The Bertz CT molecular complexity index is 630. The number of hydrogen-bond acceptors (Lipinski definition) is 3. The number of hydrogen-bond donors (Lipinski definition) is 2. The van der Waals surface area contributed by atoms with Gasteiger partial charge in [0.25, 0.3) is 0 Å². The molecule has 4 nitrogen and oxygen atoms in total. The molecule has 1 aliphatic rings. The van der Waals surface area contributed by atoms with E-state index in [0.29, 0.717) is 5.76 Å². The summed E-state index contributed by atoms with van der Waals surface area (Å²) in [5.74, 6) is 0.500. The molecule has 2 N–H and O–H groups in total. The summed E-state index contributed by atoms with van der Waals surface area (Å²) < 4.78 is 5.13. The summed E-state index contributed by atoms with van der Waals surface area (Å²) in [5, 5.41) is 6.21. The van der Waals surface area contributed by atoms with Gasteiger partial charge >= 0.3 is 0 Å². The van der Waals surface area contributed by atoms with E-state index in [2.05, 4.69) is 10.6 Å². The van der Waals surface area contributed by atoms with Crippen LogP contribution in [0.2, 0.25) is 0 Å². The number of anilines is 2. The van der Waals surface area contributed by atoms with Crippen molar-refractivity contribution >= 4 is 23.4 Å². The van der Waals surface area contributed by atoms with E-state index in [9.17, 15) is 4.79 Å². The van der Waals surface area contributed by atoms with Gasteiger partial charge in [0.2, 0.25) is 5.91 Å². The monoisotopic (exact) mass is 268 g/mol. The van der Waals surface area contributed by atoms with Crippen molar-refractivity contribution in [1.29, 1.82) is 0 Å². The van der Waals surface area contributed by atoms with E-state index in [4.69, 9.17) is 4.42 Å². The quantitative estimate of drug-likeness (QED) is 0.840. The summed E-state index contributed by atoms with van der Waals surface area (Å²) in [5.41, 5.74) is 3.24. The van der Waals surface area contributed by atoms with E-state index in [1.165, 1.54) is 17.3 Å². The van der Waals surface area contributed by atoms with Crippen molar-refractivity contribution in [2.75, 3.05) is 17.2 Å². The molecular formula is C16H16N2O2. The molecule has 0 aliphatic carbocycles. The van der Waals surface area contributed by atoms with Gasteiger partial charge in [-0.15, -0.1) is 0 Å². The molecule has 1 aromatic carbocycles. The largest absolute Gasteiger partial charge is 0.465 e. The highest BCUT2D eigenvalue weighted by molar-refractivity contribution is 6.01. The number of carbonyl (C=O) groups excluding carboxylic acids is 1. The lowest BCUT2D eigenvalue weighted by Crippen LogP contribution is -2.13. The molecule has 102 valence electrons. The van der Waals surface area contributed by atoms with Gasteiger partial charge in [-0.05, 0) is 54.8 Å². The summed E-state index contributed by atoms with van der Waals surface area (Å²) in [6.45, 7) is 1.02. The Hall–Kier alpha value is -2.49. The van der Waals surface area contributed by atoms with Gasteiger partial charge in [0.05, 0.1) is 6.26 Å². The lowest BCUT2D eigenvalue weighted by atomic mass is 10.0. The van der Waals surface area contributed by atoms with Crippen LogP contribution >= 0.6 is 0 Å². The van der Waals surface area contributed by atoms with E-state index >= 15 is 0 Å². The average molecular weight is 268 g/mol. The molecular weight excluding hydrogens is 252 g/mol. The van der Waals surface area contributed by atoms with Crippen molar-refractivity contribution in [3.8, 4) is 0 Å². The SMILES string of the molecule is O=C(C=Cc1ccco1)Nc1ccc2c(c1)CCCN2. The highest BCUT2D eigenvalue weighted by atomic mass is 16.3. The third-order valence-corrected chi connectivity index (χ3v) is 3.25. The van der Waals surface area contributed by atoms with Crippen LogP contribution in [-0.2, 0) is 11.2 Å². The Morgan fingerprint density at radius 2 is 2.30 bits per heavy atom. The van der Waals surface area contributed by atoms with Crippen molar-refractivity contribution in [1.82, 2.24) is 0 Å². The molecule has 20 heavy (non-hydrogen) atoms. The molecule has 3 rings (SSSR count). The van der Waals surface area contributed by atoms with Crippen LogP contribution in [0.1, 0.15) is 17.7 Å². The molecule has 0 atom stereocenters. The second-order valence-electron chi connectivity index (χ2n) is 4.74. The molecule has 1 aromatic heterocycles. The van der Waals surface area contributed by atoms with Crippen LogP contribution in [0, 0.1) is 0 Å². The van der Waals surface area contributed by atoms with E-state index in [-0.39, 0.29) is 5.91 Å². The van der Waals surface area contributed by atoms with Crippen LogP contribution in [-0.4, -0.2) is 12.5 Å². The molecule has 0 bridgehead atoms. The zero-order valence-electron chi connectivity index (χ0n) is 11.1. The fraction of sp³-hybridized carbons (Fsp3) is 0.188. The Morgan fingerprint density at radius 3 is 3.15 bits per heavy atom. The van der Waals surface area contributed by atoms with E-state index in [1.54, 1.807) is 24.5 Å². The Morgan fingerprint density at radius 1 is 1.35 bits per heavy atom. The minimum Gasteiger partial charge on any atom is -0.465 e. The topological polar surface area (TPSA) is 54.3 Å². The third kappa shape index (κ3) is 2.91. The lowest BCUT2D eigenvalue weighted by molar-refractivity contribution is -0.111. The molecule has 4 heteroatoms. The maximum absolute atomic E-state index is 11.8. The first-order valence-corrected chi connectivity index (χ1v) is 6.71. The maximum atomic E-state index is 11.8. The van der Waals surface area contributed by atoms with Crippen LogP contribution in [0.3, 0.4) is 0 Å². The van der Waals surface area contributed by atoms with Gasteiger partial charge in [-0.3, -0.25) is 4.79 Å². The summed E-state index contributed by atoms with van der Waals surface area (Å²) in [7, 11) is 0. The van der Waals surface area contributed by atoms with Gasteiger partial charge in [-0.1, -0.05) is 0 Å². The number of aryl methyl sites for hydroxylation is 1. The number of fused-ring (bicyclic) bond motifs is 1. The van der Waals surface area contributed by atoms with Crippen molar-refractivity contribution in [2.24, 2.45) is 0 Å². The third-order valence-electron chi connectivity index (χ3n) is 3.25. The summed E-state index contributed by atoms with van der Waals surface area (Å²) in [6.07, 6.45) is 6.87. The molecule has 0 radical (unpaired) electrons. The summed E-state index contributed by atoms with van der Waals surface area (Å²) >= 11 is 0. The van der Waals surface area contributed by atoms with Gasteiger partial charge < -0.3 is 15.1 Å². The molecule has 1 aliphatic heterocycles. The zero-order chi connectivity index (χ0) is 13.8. The van der Waals surface area contributed by atoms with Crippen LogP contribution in [0.15, 0.2) is 47.1 Å². The van der Waals surface area contributed by atoms with Gasteiger partial charge in [-0.25, -0.2) is 0 Å². The zero-order valence-corrected chi connectivity index (χ0v) is 11.1. The Labute approximate surface area is 117 Å². The number of rotatable bonds is 3. The number of nitrogens with one attached hydrogen (secondary N) is 2. The van der Waals surface area contributed by atoms with Crippen molar-refractivity contribution in [3.63, 3.8) is 0 Å². The predicted molar refractivity (Wildman–Crippen MR) is 79.6 cm³/mol. The predicted octanol–water partition coefficient (Wildman–Crippen LogP) is 3.29. The standard InChI is InChI=1S/C16H16N2O2/c19-16(8-6-14-4-2-10-20-14)18-13-5-7-15-12(11-13)3-1-9-17-15/h2,4-8,10-11,17H,1,3,9H2,(H,18,19). The van der Waals surface area contributed by atoms with Gasteiger partial charge in [0.1, 0.15) is 5.76 Å². The molecule has 0 saturated heterocycles. The fourth-order valence-corrected chi connectivity index (χ4v) is 2.28. The first kappa shape index (κ1) is 12.5. The lowest BCUT2D eigenvalue weighted by Gasteiger charge is -2.18. The minimum absolute atomic E-state index is 0.162. The maximum Gasteiger partial charge on any atom is 0.248 e. The molecule has 2 aromatic rings. The van der Waals surface area contributed by atoms with E-state index in [1.807, 2.05) is 18.2 Å². The highest BCUT2D eigenvalue weighted by Crippen LogP contribution is 2.25.